The highest BCUT2D eigenvalue weighted by Crippen LogP contribution is 2.22. The van der Waals surface area contributed by atoms with Crippen molar-refractivity contribution >= 4 is 22.6 Å². The first kappa shape index (κ1) is 17.5. The lowest BCUT2D eigenvalue weighted by Gasteiger charge is -2.15. The first-order valence-electron chi connectivity index (χ1n) is 7.50. The summed E-state index contributed by atoms with van der Waals surface area (Å²) in [5.41, 5.74) is -0.766. The van der Waals surface area contributed by atoms with Gasteiger partial charge in [0, 0.05) is 17.5 Å². The molecule has 1 unspecified atom stereocenters. The summed E-state index contributed by atoms with van der Waals surface area (Å²) in [7, 11) is 0. The van der Waals surface area contributed by atoms with Crippen LogP contribution in [0.25, 0.3) is 11.0 Å². The van der Waals surface area contributed by atoms with E-state index in [2.05, 4.69) is 5.32 Å². The molecule has 0 saturated carbocycles. The van der Waals surface area contributed by atoms with Gasteiger partial charge in [-0.15, -0.1) is 0 Å². The zero-order valence-electron chi connectivity index (χ0n) is 13.4. The number of nitrogens with one attached hydrogen (secondary N) is 1. The Balaban J connectivity index is 1.75. The second kappa shape index (κ2) is 6.91. The Hall–Kier alpha value is -3.29. The highest BCUT2D eigenvalue weighted by atomic mass is 19.2. The van der Waals surface area contributed by atoms with Crippen molar-refractivity contribution in [2.24, 2.45) is 0 Å². The van der Waals surface area contributed by atoms with Gasteiger partial charge in [-0.25, -0.2) is 18.0 Å². The highest BCUT2D eigenvalue weighted by molar-refractivity contribution is 5.94. The SMILES string of the molecule is CC(Oc1ccc2ccc(=O)oc2c1)C(=O)Nc1ccc(F)c(F)c1F. The van der Waals surface area contributed by atoms with Crippen molar-refractivity contribution in [2.75, 3.05) is 5.32 Å². The van der Waals surface area contributed by atoms with Gasteiger partial charge in [0.05, 0.1) is 5.69 Å². The lowest BCUT2D eigenvalue weighted by Crippen LogP contribution is -2.30. The van der Waals surface area contributed by atoms with Gasteiger partial charge in [0.1, 0.15) is 11.3 Å². The van der Waals surface area contributed by atoms with Crippen molar-refractivity contribution in [3.8, 4) is 5.75 Å². The molecule has 0 aliphatic carbocycles. The summed E-state index contributed by atoms with van der Waals surface area (Å²) in [6, 6.07) is 9.08. The normalized spacial score (nSPS) is 12.0. The van der Waals surface area contributed by atoms with Crippen LogP contribution in [-0.2, 0) is 4.79 Å². The first-order valence-corrected chi connectivity index (χ1v) is 7.50. The van der Waals surface area contributed by atoms with Gasteiger partial charge >= 0.3 is 5.63 Å². The Bertz CT molecular complexity index is 1050. The van der Waals surface area contributed by atoms with Crippen LogP contribution in [0.4, 0.5) is 18.9 Å². The van der Waals surface area contributed by atoms with Gasteiger partial charge in [-0.3, -0.25) is 4.79 Å². The van der Waals surface area contributed by atoms with Crippen LogP contribution in [0, 0.1) is 17.5 Å². The van der Waals surface area contributed by atoms with Crippen LogP contribution in [0.2, 0.25) is 0 Å². The average molecular weight is 363 g/mol. The molecule has 0 saturated heterocycles. The predicted molar refractivity (Wildman–Crippen MR) is 87.5 cm³/mol. The zero-order chi connectivity index (χ0) is 18.8. The lowest BCUT2D eigenvalue weighted by molar-refractivity contribution is -0.122. The summed E-state index contributed by atoms with van der Waals surface area (Å²) in [5, 5.41) is 2.79. The molecule has 1 aromatic heterocycles. The van der Waals surface area contributed by atoms with Gasteiger partial charge < -0.3 is 14.5 Å². The molecule has 1 amide bonds. The van der Waals surface area contributed by atoms with Crippen molar-refractivity contribution in [3.63, 3.8) is 0 Å². The second-order valence-corrected chi connectivity index (χ2v) is 5.43. The van der Waals surface area contributed by atoms with Gasteiger partial charge in [0.2, 0.25) is 0 Å². The summed E-state index contributed by atoms with van der Waals surface area (Å²) in [5.74, 6) is -5.08. The molecular weight excluding hydrogens is 351 g/mol. The summed E-state index contributed by atoms with van der Waals surface area (Å²) in [6.07, 6.45) is -1.09. The second-order valence-electron chi connectivity index (χ2n) is 5.43. The average Bonchev–Trinajstić information content (AvgIpc) is 2.61. The molecule has 0 bridgehead atoms. The van der Waals surface area contributed by atoms with Crippen molar-refractivity contribution in [2.45, 2.75) is 13.0 Å². The molecule has 5 nitrogen and oxygen atoms in total. The third-order valence-corrected chi connectivity index (χ3v) is 3.57. The van der Waals surface area contributed by atoms with E-state index in [1.165, 1.54) is 19.1 Å². The molecule has 3 rings (SSSR count). The molecule has 0 spiro atoms. The molecule has 0 fully saturated rings. The minimum absolute atomic E-state index is 0.236. The lowest BCUT2D eigenvalue weighted by atomic mass is 10.2. The van der Waals surface area contributed by atoms with Crippen molar-refractivity contribution in [3.05, 3.63) is 70.3 Å². The molecule has 8 heteroatoms. The number of halogens is 3. The fraction of sp³-hybridized carbons (Fsp3) is 0.111. The molecule has 26 heavy (non-hydrogen) atoms. The van der Waals surface area contributed by atoms with E-state index >= 15 is 0 Å². The van der Waals surface area contributed by atoms with Crippen LogP contribution >= 0.6 is 0 Å². The number of anilines is 1. The number of amides is 1. The molecule has 2 aromatic carbocycles. The maximum atomic E-state index is 13.6. The Labute approximate surface area is 145 Å². The largest absolute Gasteiger partial charge is 0.481 e. The number of hydrogen-bond acceptors (Lipinski definition) is 4. The standard InChI is InChI=1S/C18H12F3NO4/c1-9(18(24)22-13-6-5-12(19)16(20)17(13)21)25-11-4-2-10-3-7-15(23)26-14(10)8-11/h2-9H,1H3,(H,22,24). The van der Waals surface area contributed by atoms with Gasteiger partial charge in [-0.05, 0) is 37.3 Å². The molecular formula is C18H12F3NO4. The maximum absolute atomic E-state index is 13.6. The Morgan fingerprint density at radius 1 is 1.08 bits per heavy atom. The minimum Gasteiger partial charge on any atom is -0.481 e. The van der Waals surface area contributed by atoms with Crippen LogP contribution in [-0.4, -0.2) is 12.0 Å². The van der Waals surface area contributed by atoms with Gasteiger partial charge in [-0.1, -0.05) is 0 Å². The van der Waals surface area contributed by atoms with E-state index in [0.717, 1.165) is 6.07 Å². The van der Waals surface area contributed by atoms with Crippen molar-refractivity contribution in [1.29, 1.82) is 0 Å². The van der Waals surface area contributed by atoms with E-state index in [0.29, 0.717) is 11.5 Å². The van der Waals surface area contributed by atoms with Crippen LogP contribution in [0.5, 0.6) is 5.75 Å². The van der Waals surface area contributed by atoms with E-state index in [-0.39, 0.29) is 11.3 Å². The van der Waals surface area contributed by atoms with E-state index in [9.17, 15) is 22.8 Å². The van der Waals surface area contributed by atoms with Crippen LogP contribution in [0.1, 0.15) is 6.92 Å². The zero-order valence-corrected chi connectivity index (χ0v) is 13.4. The summed E-state index contributed by atoms with van der Waals surface area (Å²) in [4.78, 5) is 23.3. The molecule has 134 valence electrons. The van der Waals surface area contributed by atoms with E-state index in [4.69, 9.17) is 9.15 Å². The fourth-order valence-electron chi connectivity index (χ4n) is 2.23. The molecule has 0 aliphatic rings. The van der Waals surface area contributed by atoms with E-state index in [1.807, 2.05) is 0 Å². The minimum atomic E-state index is -1.68. The number of carbonyl (C=O) groups excluding carboxylic acids is 1. The molecule has 1 N–H and O–H groups in total. The third-order valence-electron chi connectivity index (χ3n) is 3.57. The van der Waals surface area contributed by atoms with Crippen LogP contribution < -0.4 is 15.7 Å². The molecule has 1 heterocycles. The molecule has 0 aliphatic heterocycles. The Morgan fingerprint density at radius 3 is 2.58 bits per heavy atom. The smallest absolute Gasteiger partial charge is 0.336 e. The summed E-state index contributed by atoms with van der Waals surface area (Å²) < 4.78 is 50.2. The summed E-state index contributed by atoms with van der Waals surface area (Å²) in [6.45, 7) is 1.39. The van der Waals surface area contributed by atoms with Crippen LogP contribution in [0.3, 0.4) is 0 Å². The fourth-order valence-corrected chi connectivity index (χ4v) is 2.23. The Morgan fingerprint density at radius 2 is 1.81 bits per heavy atom. The monoisotopic (exact) mass is 363 g/mol. The maximum Gasteiger partial charge on any atom is 0.336 e. The predicted octanol–water partition coefficient (Wildman–Crippen LogP) is 3.62. The highest BCUT2D eigenvalue weighted by Gasteiger charge is 2.20. The van der Waals surface area contributed by atoms with E-state index in [1.54, 1.807) is 18.2 Å². The quantitative estimate of drug-likeness (QED) is 0.568. The molecule has 3 aromatic rings. The van der Waals surface area contributed by atoms with Gasteiger partial charge in [0.15, 0.2) is 23.6 Å². The number of carbonyl (C=O) groups is 1. The molecule has 0 radical (unpaired) electrons. The number of benzene rings is 2. The van der Waals surface area contributed by atoms with Crippen molar-refractivity contribution < 1.29 is 27.1 Å². The van der Waals surface area contributed by atoms with E-state index < -0.39 is 40.8 Å². The van der Waals surface area contributed by atoms with Gasteiger partial charge in [0.25, 0.3) is 5.91 Å². The number of rotatable bonds is 4. The van der Waals surface area contributed by atoms with Crippen LogP contribution in [0.15, 0.2) is 51.7 Å². The first-order chi connectivity index (χ1) is 12.3. The van der Waals surface area contributed by atoms with Crippen molar-refractivity contribution in [1.82, 2.24) is 0 Å². The topological polar surface area (TPSA) is 68.5 Å². The van der Waals surface area contributed by atoms with Gasteiger partial charge in [-0.2, -0.15) is 0 Å². The number of hydrogen-bond donors (Lipinski definition) is 1. The number of fused-ring (bicyclic) bond motifs is 1. The third kappa shape index (κ3) is 3.53. The molecule has 1 atom stereocenters. The Kier molecular flexibility index (Phi) is 4.66. The number of ether oxygens (including phenoxy) is 1. The summed E-state index contributed by atoms with van der Waals surface area (Å²) >= 11 is 0.